The third kappa shape index (κ3) is 2.08. The van der Waals surface area contributed by atoms with Gasteiger partial charge >= 0.3 is 0 Å². The van der Waals surface area contributed by atoms with E-state index in [4.69, 9.17) is 4.74 Å². The SMILES string of the molecule is C[C@H]1CNCC(c2ccccc2)O1. The Bertz CT molecular complexity index is 260. The molecule has 1 fully saturated rings. The third-order valence-corrected chi connectivity index (χ3v) is 2.33. The average molecular weight is 177 g/mol. The predicted molar refractivity (Wildman–Crippen MR) is 52.6 cm³/mol. The van der Waals surface area contributed by atoms with Crippen molar-refractivity contribution in [3.8, 4) is 0 Å². The van der Waals surface area contributed by atoms with Gasteiger partial charge in [-0.3, -0.25) is 0 Å². The smallest absolute Gasteiger partial charge is 0.0953 e. The number of rotatable bonds is 1. The summed E-state index contributed by atoms with van der Waals surface area (Å²) in [6.45, 7) is 3.99. The number of ether oxygens (including phenoxy) is 1. The molecule has 1 unspecified atom stereocenters. The molecule has 2 nitrogen and oxygen atoms in total. The van der Waals surface area contributed by atoms with Crippen LogP contribution in [0.25, 0.3) is 0 Å². The fraction of sp³-hybridized carbons (Fsp3) is 0.455. The maximum Gasteiger partial charge on any atom is 0.0953 e. The van der Waals surface area contributed by atoms with Crippen LogP contribution in [-0.4, -0.2) is 19.2 Å². The molecular formula is C11H15NO. The lowest BCUT2D eigenvalue weighted by atomic mass is 10.1. The molecule has 0 aromatic heterocycles. The first-order valence-corrected chi connectivity index (χ1v) is 4.77. The monoisotopic (exact) mass is 177 g/mol. The van der Waals surface area contributed by atoms with Crippen LogP contribution in [0, 0.1) is 0 Å². The second-order valence-corrected chi connectivity index (χ2v) is 3.50. The van der Waals surface area contributed by atoms with E-state index in [2.05, 4.69) is 36.5 Å². The lowest BCUT2D eigenvalue weighted by Gasteiger charge is -2.28. The van der Waals surface area contributed by atoms with Crippen LogP contribution >= 0.6 is 0 Å². The molecular weight excluding hydrogens is 162 g/mol. The van der Waals surface area contributed by atoms with Gasteiger partial charge in [0, 0.05) is 13.1 Å². The van der Waals surface area contributed by atoms with Gasteiger partial charge in [-0.1, -0.05) is 30.3 Å². The molecule has 2 rings (SSSR count). The fourth-order valence-corrected chi connectivity index (χ4v) is 1.66. The summed E-state index contributed by atoms with van der Waals surface area (Å²) in [6, 6.07) is 10.4. The first kappa shape index (κ1) is 8.73. The average Bonchev–Trinajstić information content (AvgIpc) is 2.19. The molecule has 0 saturated carbocycles. The quantitative estimate of drug-likeness (QED) is 0.705. The van der Waals surface area contributed by atoms with E-state index in [-0.39, 0.29) is 6.10 Å². The summed E-state index contributed by atoms with van der Waals surface area (Å²) >= 11 is 0. The molecule has 0 aliphatic carbocycles. The lowest BCUT2D eigenvalue weighted by molar-refractivity contribution is -0.0287. The van der Waals surface area contributed by atoms with Gasteiger partial charge in [0.1, 0.15) is 0 Å². The first-order valence-electron chi connectivity index (χ1n) is 4.77. The molecule has 0 bridgehead atoms. The highest BCUT2D eigenvalue weighted by molar-refractivity contribution is 5.18. The molecule has 0 amide bonds. The summed E-state index contributed by atoms with van der Waals surface area (Å²) in [5.74, 6) is 0. The number of hydrogen-bond acceptors (Lipinski definition) is 2. The molecule has 70 valence electrons. The van der Waals surface area contributed by atoms with Crippen molar-refractivity contribution in [2.24, 2.45) is 0 Å². The molecule has 1 saturated heterocycles. The summed E-state index contributed by atoms with van der Waals surface area (Å²) in [4.78, 5) is 0. The highest BCUT2D eigenvalue weighted by Gasteiger charge is 2.19. The van der Waals surface area contributed by atoms with Crippen molar-refractivity contribution in [3.05, 3.63) is 35.9 Å². The Balaban J connectivity index is 2.08. The van der Waals surface area contributed by atoms with Crippen LogP contribution in [0.15, 0.2) is 30.3 Å². The van der Waals surface area contributed by atoms with Crippen molar-refractivity contribution in [1.82, 2.24) is 5.32 Å². The van der Waals surface area contributed by atoms with Gasteiger partial charge in [-0.25, -0.2) is 0 Å². The van der Waals surface area contributed by atoms with Crippen molar-refractivity contribution in [3.63, 3.8) is 0 Å². The van der Waals surface area contributed by atoms with Crippen LogP contribution in [-0.2, 0) is 4.74 Å². The maximum atomic E-state index is 5.81. The molecule has 1 heterocycles. The van der Waals surface area contributed by atoms with Crippen LogP contribution < -0.4 is 5.32 Å². The number of nitrogens with one attached hydrogen (secondary N) is 1. The number of benzene rings is 1. The summed E-state index contributed by atoms with van der Waals surface area (Å²) in [5, 5.41) is 3.36. The normalized spacial score (nSPS) is 28.7. The zero-order valence-corrected chi connectivity index (χ0v) is 7.86. The molecule has 1 aromatic rings. The lowest BCUT2D eigenvalue weighted by Crippen LogP contribution is -2.38. The predicted octanol–water partition coefficient (Wildman–Crippen LogP) is 1.74. The van der Waals surface area contributed by atoms with Crippen molar-refractivity contribution in [2.45, 2.75) is 19.1 Å². The van der Waals surface area contributed by atoms with Gasteiger partial charge in [-0.15, -0.1) is 0 Å². The van der Waals surface area contributed by atoms with E-state index < -0.39 is 0 Å². The van der Waals surface area contributed by atoms with Crippen molar-refractivity contribution in [1.29, 1.82) is 0 Å². The molecule has 13 heavy (non-hydrogen) atoms. The highest BCUT2D eigenvalue weighted by atomic mass is 16.5. The van der Waals surface area contributed by atoms with Crippen LogP contribution in [0.5, 0.6) is 0 Å². The van der Waals surface area contributed by atoms with Gasteiger partial charge in [0.15, 0.2) is 0 Å². The van der Waals surface area contributed by atoms with E-state index in [0.717, 1.165) is 13.1 Å². The minimum absolute atomic E-state index is 0.227. The van der Waals surface area contributed by atoms with E-state index in [9.17, 15) is 0 Å². The summed E-state index contributed by atoms with van der Waals surface area (Å²) in [6.07, 6.45) is 0.545. The molecule has 1 aliphatic heterocycles. The summed E-state index contributed by atoms with van der Waals surface area (Å²) in [7, 11) is 0. The Morgan fingerprint density at radius 3 is 2.69 bits per heavy atom. The second kappa shape index (κ2) is 3.90. The zero-order chi connectivity index (χ0) is 9.10. The standard InChI is InChI=1S/C11H15NO/c1-9-7-12-8-11(13-9)10-5-3-2-4-6-10/h2-6,9,11-12H,7-8H2,1H3/t9-,11?/m0/s1. The molecule has 2 atom stereocenters. The number of hydrogen-bond donors (Lipinski definition) is 1. The van der Waals surface area contributed by atoms with E-state index in [0.29, 0.717) is 6.10 Å². The van der Waals surface area contributed by atoms with Crippen molar-refractivity contribution in [2.75, 3.05) is 13.1 Å². The largest absolute Gasteiger partial charge is 0.368 e. The van der Waals surface area contributed by atoms with Crippen LogP contribution in [0.1, 0.15) is 18.6 Å². The molecule has 2 heteroatoms. The molecule has 0 radical (unpaired) electrons. The summed E-state index contributed by atoms with van der Waals surface area (Å²) in [5.41, 5.74) is 1.27. The fourth-order valence-electron chi connectivity index (χ4n) is 1.66. The number of morpholine rings is 1. The maximum absolute atomic E-state index is 5.81. The topological polar surface area (TPSA) is 21.3 Å². The Morgan fingerprint density at radius 2 is 2.00 bits per heavy atom. The van der Waals surface area contributed by atoms with Gasteiger partial charge < -0.3 is 10.1 Å². The summed E-state index contributed by atoms with van der Waals surface area (Å²) < 4.78 is 5.81. The Kier molecular flexibility index (Phi) is 2.62. The Hall–Kier alpha value is -0.860. The van der Waals surface area contributed by atoms with Gasteiger partial charge in [0.05, 0.1) is 12.2 Å². The minimum Gasteiger partial charge on any atom is -0.368 e. The van der Waals surface area contributed by atoms with Crippen LogP contribution in [0.2, 0.25) is 0 Å². The van der Waals surface area contributed by atoms with Gasteiger partial charge in [0.25, 0.3) is 0 Å². The molecule has 1 N–H and O–H groups in total. The molecule has 1 aliphatic rings. The molecule has 1 aromatic carbocycles. The van der Waals surface area contributed by atoms with Gasteiger partial charge in [-0.05, 0) is 12.5 Å². The molecule has 0 spiro atoms. The van der Waals surface area contributed by atoms with Gasteiger partial charge in [0.2, 0.25) is 0 Å². The first-order chi connectivity index (χ1) is 6.36. The van der Waals surface area contributed by atoms with E-state index >= 15 is 0 Å². The second-order valence-electron chi connectivity index (χ2n) is 3.50. The Labute approximate surface area is 78.9 Å². The minimum atomic E-state index is 0.227. The van der Waals surface area contributed by atoms with Crippen LogP contribution in [0.4, 0.5) is 0 Å². The van der Waals surface area contributed by atoms with Crippen molar-refractivity contribution < 1.29 is 4.74 Å². The van der Waals surface area contributed by atoms with Crippen LogP contribution in [0.3, 0.4) is 0 Å². The van der Waals surface area contributed by atoms with Crippen molar-refractivity contribution >= 4 is 0 Å². The van der Waals surface area contributed by atoms with E-state index in [1.54, 1.807) is 0 Å². The van der Waals surface area contributed by atoms with Gasteiger partial charge in [-0.2, -0.15) is 0 Å². The third-order valence-electron chi connectivity index (χ3n) is 2.33. The highest BCUT2D eigenvalue weighted by Crippen LogP contribution is 2.20. The Morgan fingerprint density at radius 1 is 1.23 bits per heavy atom. The van der Waals surface area contributed by atoms with E-state index in [1.807, 2.05) is 6.07 Å². The van der Waals surface area contributed by atoms with E-state index in [1.165, 1.54) is 5.56 Å². The zero-order valence-electron chi connectivity index (χ0n) is 7.86.